The molecule has 1 N–H and O–H groups in total. The fourth-order valence-corrected chi connectivity index (χ4v) is 11.0. The SMILES string of the molecule is c1ccc(N(c2ccccc2)c2ccc3sc4cccc(N(c5ccccc5)c5cccc6c5Nc5ccccc5C65c6ccccc6-c6ccccc65)c4c3c2)cc1. The molecule has 2 heterocycles. The molecule has 12 rings (SSSR count). The summed E-state index contributed by atoms with van der Waals surface area (Å²) in [6.07, 6.45) is 0. The van der Waals surface area contributed by atoms with Crippen LogP contribution in [0.4, 0.5) is 45.5 Å². The molecule has 59 heavy (non-hydrogen) atoms. The first-order valence-electron chi connectivity index (χ1n) is 20.2. The molecule has 278 valence electrons. The number of rotatable bonds is 6. The molecule has 0 radical (unpaired) electrons. The van der Waals surface area contributed by atoms with E-state index in [0.29, 0.717) is 0 Å². The Hall–Kier alpha value is -7.40. The summed E-state index contributed by atoms with van der Waals surface area (Å²) in [7, 11) is 0. The van der Waals surface area contributed by atoms with E-state index < -0.39 is 5.41 Å². The fraction of sp³-hybridized carbons (Fsp3) is 0.0182. The molecule has 10 aromatic rings. The molecule has 1 aromatic heterocycles. The normalized spacial score (nSPS) is 13.0. The second-order valence-corrected chi connectivity index (χ2v) is 16.4. The third-order valence-electron chi connectivity index (χ3n) is 12.2. The lowest BCUT2D eigenvalue weighted by Gasteiger charge is -2.42. The number of hydrogen-bond acceptors (Lipinski definition) is 4. The van der Waals surface area contributed by atoms with Crippen LogP contribution in [0.15, 0.2) is 218 Å². The van der Waals surface area contributed by atoms with Gasteiger partial charge in [0, 0.05) is 48.6 Å². The van der Waals surface area contributed by atoms with Crippen LogP contribution in [0.1, 0.15) is 22.3 Å². The number of para-hydroxylation sites is 5. The van der Waals surface area contributed by atoms with Crippen molar-refractivity contribution < 1.29 is 0 Å². The van der Waals surface area contributed by atoms with Crippen molar-refractivity contribution in [2.24, 2.45) is 0 Å². The standard InChI is InChI=1S/C55H37N3S/c1-4-18-37(19-5-1)57(38-20-6-2-7-21-38)40-34-35-51-43(36-40)53-49(31-17-33-52(53)59-51)58(39-22-8-3-9-23-39)50-32-16-29-47-54(50)56-48-30-15-14-28-46(48)55(47)44-26-12-10-24-41(44)42-25-11-13-27-45(42)55/h1-36,56H. The van der Waals surface area contributed by atoms with E-state index in [1.54, 1.807) is 0 Å². The van der Waals surface area contributed by atoms with Gasteiger partial charge >= 0.3 is 0 Å². The van der Waals surface area contributed by atoms with Crippen LogP contribution in [-0.4, -0.2) is 0 Å². The summed E-state index contributed by atoms with van der Waals surface area (Å²) in [4.78, 5) is 4.83. The molecule has 0 amide bonds. The molecule has 1 aliphatic heterocycles. The predicted molar refractivity (Wildman–Crippen MR) is 249 cm³/mol. The molecule has 0 saturated carbocycles. The minimum atomic E-state index is -0.503. The molecule has 1 spiro atoms. The second kappa shape index (κ2) is 13.3. The fourth-order valence-electron chi connectivity index (χ4n) is 9.89. The van der Waals surface area contributed by atoms with Crippen molar-refractivity contribution in [3.8, 4) is 11.1 Å². The number of fused-ring (bicyclic) bond motifs is 12. The van der Waals surface area contributed by atoms with E-state index in [-0.39, 0.29) is 0 Å². The van der Waals surface area contributed by atoms with Crippen molar-refractivity contribution in [2.45, 2.75) is 5.41 Å². The molecule has 1 aliphatic carbocycles. The number of nitrogens with zero attached hydrogens (tertiary/aromatic N) is 2. The van der Waals surface area contributed by atoms with Crippen molar-refractivity contribution in [3.63, 3.8) is 0 Å². The number of thiophene rings is 1. The molecule has 0 fully saturated rings. The van der Waals surface area contributed by atoms with E-state index in [0.717, 1.165) is 45.5 Å². The van der Waals surface area contributed by atoms with Crippen molar-refractivity contribution in [1.82, 2.24) is 0 Å². The Balaban J connectivity index is 1.13. The summed E-state index contributed by atoms with van der Waals surface area (Å²) in [6, 6.07) is 79.7. The van der Waals surface area contributed by atoms with E-state index in [1.807, 2.05) is 11.3 Å². The average molecular weight is 772 g/mol. The van der Waals surface area contributed by atoms with Gasteiger partial charge in [-0.15, -0.1) is 11.3 Å². The lowest BCUT2D eigenvalue weighted by molar-refractivity contribution is 0.763. The first-order valence-corrected chi connectivity index (χ1v) is 21.0. The van der Waals surface area contributed by atoms with Crippen molar-refractivity contribution in [1.29, 1.82) is 0 Å². The van der Waals surface area contributed by atoms with Gasteiger partial charge in [-0.2, -0.15) is 0 Å². The quantitative estimate of drug-likeness (QED) is 0.182. The van der Waals surface area contributed by atoms with E-state index in [1.165, 1.54) is 53.6 Å². The monoisotopic (exact) mass is 771 g/mol. The number of nitrogens with one attached hydrogen (secondary N) is 1. The highest BCUT2D eigenvalue weighted by Gasteiger charge is 2.50. The Morgan fingerprint density at radius 1 is 0.373 bits per heavy atom. The van der Waals surface area contributed by atoms with Crippen LogP contribution < -0.4 is 15.1 Å². The first kappa shape index (κ1) is 33.7. The first-order chi connectivity index (χ1) is 29.3. The van der Waals surface area contributed by atoms with Crippen LogP contribution in [-0.2, 0) is 5.41 Å². The zero-order valence-electron chi connectivity index (χ0n) is 32.1. The van der Waals surface area contributed by atoms with Gasteiger partial charge in [-0.1, -0.05) is 140 Å². The third kappa shape index (κ3) is 5.00. The molecule has 4 heteroatoms. The third-order valence-corrected chi connectivity index (χ3v) is 13.4. The minimum absolute atomic E-state index is 0.503. The highest BCUT2D eigenvalue weighted by atomic mass is 32.1. The van der Waals surface area contributed by atoms with Gasteiger partial charge in [0.25, 0.3) is 0 Å². The predicted octanol–water partition coefficient (Wildman–Crippen LogP) is 15.4. The van der Waals surface area contributed by atoms with Crippen LogP contribution in [0.2, 0.25) is 0 Å². The summed E-state index contributed by atoms with van der Waals surface area (Å²) in [5, 5.41) is 6.50. The van der Waals surface area contributed by atoms with E-state index in [2.05, 4.69) is 234 Å². The molecule has 0 unspecified atom stereocenters. The Morgan fingerprint density at radius 3 is 1.56 bits per heavy atom. The maximum atomic E-state index is 4.04. The summed E-state index contributed by atoms with van der Waals surface area (Å²) in [5.74, 6) is 0. The summed E-state index contributed by atoms with van der Waals surface area (Å²) >= 11 is 1.85. The van der Waals surface area contributed by atoms with Crippen molar-refractivity contribution in [3.05, 3.63) is 241 Å². The van der Waals surface area contributed by atoms with E-state index >= 15 is 0 Å². The highest BCUT2D eigenvalue weighted by Crippen LogP contribution is 2.63. The Labute approximate surface area is 347 Å². The second-order valence-electron chi connectivity index (χ2n) is 15.3. The molecular weight excluding hydrogens is 735 g/mol. The lowest BCUT2D eigenvalue weighted by Crippen LogP contribution is -2.34. The number of benzene rings is 9. The van der Waals surface area contributed by atoms with Crippen LogP contribution in [0.5, 0.6) is 0 Å². The maximum absolute atomic E-state index is 4.04. The zero-order chi connectivity index (χ0) is 38.9. The Kier molecular flexibility index (Phi) is 7.62. The van der Waals surface area contributed by atoms with Gasteiger partial charge in [0.15, 0.2) is 0 Å². The molecule has 0 atom stereocenters. The lowest BCUT2D eigenvalue weighted by atomic mass is 9.65. The van der Waals surface area contributed by atoms with Gasteiger partial charge in [0.05, 0.1) is 22.5 Å². The molecule has 0 bridgehead atoms. The largest absolute Gasteiger partial charge is 0.353 e. The van der Waals surface area contributed by atoms with Gasteiger partial charge in [-0.05, 0) is 112 Å². The topological polar surface area (TPSA) is 18.5 Å². The Bertz CT molecular complexity index is 3120. The zero-order valence-corrected chi connectivity index (χ0v) is 32.9. The van der Waals surface area contributed by atoms with Crippen LogP contribution in [0, 0.1) is 0 Å². The molecule has 0 saturated heterocycles. The highest BCUT2D eigenvalue weighted by molar-refractivity contribution is 7.26. The van der Waals surface area contributed by atoms with Crippen LogP contribution in [0.25, 0.3) is 31.3 Å². The van der Waals surface area contributed by atoms with Gasteiger partial charge < -0.3 is 15.1 Å². The van der Waals surface area contributed by atoms with Gasteiger partial charge in [0.2, 0.25) is 0 Å². The number of hydrogen-bond donors (Lipinski definition) is 1. The van der Waals surface area contributed by atoms with Gasteiger partial charge in [-0.3, -0.25) is 0 Å². The van der Waals surface area contributed by atoms with Crippen LogP contribution in [0.3, 0.4) is 0 Å². The molecular formula is C55H37N3S. The molecule has 2 aliphatic rings. The molecule has 3 nitrogen and oxygen atoms in total. The van der Waals surface area contributed by atoms with Crippen LogP contribution >= 0.6 is 11.3 Å². The average Bonchev–Trinajstić information content (AvgIpc) is 3.82. The maximum Gasteiger partial charge on any atom is 0.0754 e. The van der Waals surface area contributed by atoms with E-state index in [9.17, 15) is 0 Å². The minimum Gasteiger partial charge on any atom is -0.353 e. The van der Waals surface area contributed by atoms with Crippen molar-refractivity contribution in [2.75, 3.05) is 15.1 Å². The van der Waals surface area contributed by atoms with E-state index in [4.69, 9.17) is 0 Å². The summed E-state index contributed by atoms with van der Waals surface area (Å²) < 4.78 is 2.50. The smallest absolute Gasteiger partial charge is 0.0754 e. The Morgan fingerprint density at radius 2 is 0.898 bits per heavy atom. The summed E-state index contributed by atoms with van der Waals surface area (Å²) in [5.41, 5.74) is 16.2. The summed E-state index contributed by atoms with van der Waals surface area (Å²) in [6.45, 7) is 0. The van der Waals surface area contributed by atoms with Gasteiger partial charge in [-0.25, -0.2) is 0 Å². The molecule has 9 aromatic carbocycles. The van der Waals surface area contributed by atoms with Gasteiger partial charge in [0.1, 0.15) is 0 Å². The number of anilines is 8. The van der Waals surface area contributed by atoms with Crippen molar-refractivity contribution >= 4 is 77.0 Å².